The van der Waals surface area contributed by atoms with Crippen molar-refractivity contribution in [1.29, 1.82) is 0 Å². The lowest BCUT2D eigenvalue weighted by molar-refractivity contribution is 0.0946. The number of H-pyrrole nitrogens is 1. The first-order valence-corrected chi connectivity index (χ1v) is 6.24. The summed E-state index contributed by atoms with van der Waals surface area (Å²) >= 11 is 3.29. The molecule has 2 rings (SSSR count). The van der Waals surface area contributed by atoms with Gasteiger partial charge in [0.05, 0.1) is 7.11 Å². The van der Waals surface area contributed by atoms with Crippen LogP contribution in [0, 0.1) is 0 Å². The molecule has 0 aliphatic carbocycles. The summed E-state index contributed by atoms with van der Waals surface area (Å²) < 4.78 is 6.07. The lowest BCUT2D eigenvalue weighted by Crippen LogP contribution is -2.23. The van der Waals surface area contributed by atoms with Crippen LogP contribution < -0.4 is 10.1 Å². The number of nitrogens with one attached hydrogen (secondary N) is 2. The third-order valence-electron chi connectivity index (χ3n) is 2.52. The van der Waals surface area contributed by atoms with Gasteiger partial charge in [0.15, 0.2) is 0 Å². The normalized spacial score (nSPS) is 10.1. The molecule has 94 valence electrons. The highest BCUT2D eigenvalue weighted by atomic mass is 79.9. The van der Waals surface area contributed by atoms with E-state index in [1.165, 1.54) is 0 Å². The van der Waals surface area contributed by atoms with Gasteiger partial charge in [-0.1, -0.05) is 18.2 Å². The summed E-state index contributed by atoms with van der Waals surface area (Å²) in [6, 6.07) is 9.33. The molecule has 4 nitrogen and oxygen atoms in total. The number of aromatic nitrogens is 1. The van der Waals surface area contributed by atoms with Gasteiger partial charge in [0.2, 0.25) is 0 Å². The number of hydrogen-bond donors (Lipinski definition) is 2. The summed E-state index contributed by atoms with van der Waals surface area (Å²) in [6.45, 7) is 0.430. The van der Waals surface area contributed by atoms with E-state index in [1.807, 2.05) is 24.3 Å². The Morgan fingerprint density at radius 1 is 1.44 bits per heavy atom. The van der Waals surface area contributed by atoms with Crippen molar-refractivity contribution >= 4 is 21.8 Å². The first-order chi connectivity index (χ1) is 8.70. The van der Waals surface area contributed by atoms with E-state index in [4.69, 9.17) is 4.74 Å². The molecule has 5 heteroatoms. The molecule has 0 radical (unpaired) electrons. The van der Waals surface area contributed by atoms with Crippen LogP contribution in [-0.2, 0) is 6.54 Å². The van der Waals surface area contributed by atoms with Gasteiger partial charge < -0.3 is 15.0 Å². The number of benzene rings is 1. The highest BCUT2D eigenvalue weighted by Gasteiger charge is 2.08. The zero-order valence-electron chi connectivity index (χ0n) is 9.87. The Balaban J connectivity index is 2.01. The predicted octanol–water partition coefficient (Wildman–Crippen LogP) is 2.72. The molecule has 2 N–H and O–H groups in total. The van der Waals surface area contributed by atoms with E-state index >= 15 is 0 Å². The summed E-state index contributed by atoms with van der Waals surface area (Å²) in [5.41, 5.74) is 1.47. The summed E-state index contributed by atoms with van der Waals surface area (Å²) in [4.78, 5) is 14.7. The van der Waals surface area contributed by atoms with Gasteiger partial charge >= 0.3 is 0 Å². The van der Waals surface area contributed by atoms with E-state index < -0.39 is 0 Å². The molecule has 0 unspecified atom stereocenters. The van der Waals surface area contributed by atoms with Crippen molar-refractivity contribution < 1.29 is 9.53 Å². The Bertz CT molecular complexity index is 551. The molecule has 0 aliphatic rings. The Labute approximate surface area is 113 Å². The molecule has 0 saturated heterocycles. The highest BCUT2D eigenvalue weighted by molar-refractivity contribution is 9.10. The maximum atomic E-state index is 11.8. The van der Waals surface area contributed by atoms with Crippen molar-refractivity contribution in [3.8, 4) is 5.75 Å². The van der Waals surface area contributed by atoms with E-state index in [1.54, 1.807) is 19.4 Å². The average Bonchev–Trinajstić information content (AvgIpc) is 2.83. The molecule has 0 bridgehead atoms. The Hall–Kier alpha value is -1.75. The molecule has 0 spiro atoms. The molecule has 2 aromatic rings. The standard InChI is InChI=1S/C13H13BrN2O2/c1-18-12-5-3-2-4-9(12)7-16-13(17)11-6-10(14)8-15-11/h2-6,8,15H,7H2,1H3,(H,16,17). The van der Waals surface area contributed by atoms with E-state index in [2.05, 4.69) is 26.2 Å². The van der Waals surface area contributed by atoms with Crippen LogP contribution in [0.15, 0.2) is 41.0 Å². The number of halogens is 1. The van der Waals surface area contributed by atoms with Crippen LogP contribution in [-0.4, -0.2) is 18.0 Å². The zero-order chi connectivity index (χ0) is 13.0. The van der Waals surface area contributed by atoms with E-state index in [9.17, 15) is 4.79 Å². The number of rotatable bonds is 4. The molecule has 1 aromatic carbocycles. The van der Waals surface area contributed by atoms with E-state index in [0.717, 1.165) is 15.8 Å². The van der Waals surface area contributed by atoms with E-state index in [-0.39, 0.29) is 5.91 Å². The number of amides is 1. The van der Waals surface area contributed by atoms with Crippen LogP contribution in [0.5, 0.6) is 5.75 Å². The fourth-order valence-corrected chi connectivity index (χ4v) is 1.96. The number of ether oxygens (including phenoxy) is 1. The second-order valence-corrected chi connectivity index (χ2v) is 4.64. The van der Waals surface area contributed by atoms with Crippen LogP contribution in [0.4, 0.5) is 0 Å². The minimum absolute atomic E-state index is 0.147. The van der Waals surface area contributed by atoms with Crippen molar-refractivity contribution in [2.45, 2.75) is 6.54 Å². The van der Waals surface area contributed by atoms with Crippen molar-refractivity contribution in [2.75, 3.05) is 7.11 Å². The molecule has 1 aromatic heterocycles. The van der Waals surface area contributed by atoms with Gasteiger partial charge in [-0.15, -0.1) is 0 Å². The monoisotopic (exact) mass is 308 g/mol. The van der Waals surface area contributed by atoms with Gasteiger partial charge in [-0.3, -0.25) is 4.79 Å². The third-order valence-corrected chi connectivity index (χ3v) is 2.98. The van der Waals surface area contributed by atoms with Crippen LogP contribution >= 0.6 is 15.9 Å². The van der Waals surface area contributed by atoms with Crippen molar-refractivity contribution in [1.82, 2.24) is 10.3 Å². The summed E-state index contributed by atoms with van der Waals surface area (Å²) in [6.07, 6.45) is 1.72. The lowest BCUT2D eigenvalue weighted by atomic mass is 10.2. The highest BCUT2D eigenvalue weighted by Crippen LogP contribution is 2.17. The number of carbonyl (C=O) groups excluding carboxylic acids is 1. The number of para-hydroxylation sites is 1. The first kappa shape index (κ1) is 12.7. The minimum atomic E-state index is -0.147. The topological polar surface area (TPSA) is 54.1 Å². The van der Waals surface area contributed by atoms with E-state index in [0.29, 0.717) is 12.2 Å². The summed E-state index contributed by atoms with van der Waals surface area (Å²) in [5, 5.41) is 2.83. The van der Waals surface area contributed by atoms with Gasteiger partial charge in [0.25, 0.3) is 5.91 Å². The van der Waals surface area contributed by atoms with Gasteiger partial charge in [-0.2, -0.15) is 0 Å². The number of carbonyl (C=O) groups is 1. The molecule has 1 amide bonds. The quantitative estimate of drug-likeness (QED) is 0.912. The molecule has 0 atom stereocenters. The summed E-state index contributed by atoms with van der Waals surface area (Å²) in [7, 11) is 1.61. The van der Waals surface area contributed by atoms with Crippen LogP contribution in [0.3, 0.4) is 0 Å². The molecule has 0 fully saturated rings. The lowest BCUT2D eigenvalue weighted by Gasteiger charge is -2.08. The van der Waals surface area contributed by atoms with Crippen molar-refractivity contribution in [3.05, 3.63) is 52.3 Å². The van der Waals surface area contributed by atoms with Crippen LogP contribution in [0.2, 0.25) is 0 Å². The van der Waals surface area contributed by atoms with Crippen LogP contribution in [0.1, 0.15) is 16.1 Å². The van der Waals surface area contributed by atoms with Gasteiger partial charge in [0.1, 0.15) is 11.4 Å². The zero-order valence-corrected chi connectivity index (χ0v) is 11.5. The second kappa shape index (κ2) is 5.73. The SMILES string of the molecule is COc1ccccc1CNC(=O)c1cc(Br)c[nH]1. The van der Waals surface area contributed by atoms with Crippen molar-refractivity contribution in [2.24, 2.45) is 0 Å². The molecular weight excluding hydrogens is 296 g/mol. The molecular formula is C13H13BrN2O2. The fourth-order valence-electron chi connectivity index (χ4n) is 1.62. The average molecular weight is 309 g/mol. The number of methoxy groups -OCH3 is 1. The predicted molar refractivity (Wildman–Crippen MR) is 72.7 cm³/mol. The second-order valence-electron chi connectivity index (χ2n) is 3.73. The number of aromatic amines is 1. The smallest absolute Gasteiger partial charge is 0.268 e. The van der Waals surface area contributed by atoms with Gasteiger partial charge in [-0.25, -0.2) is 0 Å². The Morgan fingerprint density at radius 3 is 2.89 bits per heavy atom. The van der Waals surface area contributed by atoms with Gasteiger partial charge in [-0.05, 0) is 28.1 Å². The maximum absolute atomic E-state index is 11.8. The molecule has 0 aliphatic heterocycles. The minimum Gasteiger partial charge on any atom is -0.496 e. The largest absolute Gasteiger partial charge is 0.496 e. The molecule has 18 heavy (non-hydrogen) atoms. The Kier molecular flexibility index (Phi) is 4.04. The fraction of sp³-hybridized carbons (Fsp3) is 0.154. The first-order valence-electron chi connectivity index (χ1n) is 5.44. The third kappa shape index (κ3) is 2.92. The molecule has 0 saturated carbocycles. The van der Waals surface area contributed by atoms with Crippen molar-refractivity contribution in [3.63, 3.8) is 0 Å². The van der Waals surface area contributed by atoms with Crippen LogP contribution in [0.25, 0.3) is 0 Å². The summed E-state index contributed by atoms with van der Waals surface area (Å²) in [5.74, 6) is 0.622. The number of hydrogen-bond acceptors (Lipinski definition) is 2. The maximum Gasteiger partial charge on any atom is 0.268 e. The van der Waals surface area contributed by atoms with Gasteiger partial charge in [0, 0.05) is 22.8 Å². The Morgan fingerprint density at radius 2 is 2.22 bits per heavy atom. The molecule has 1 heterocycles.